The van der Waals surface area contributed by atoms with Crippen LogP contribution in [0.3, 0.4) is 0 Å². The highest BCUT2D eigenvalue weighted by Crippen LogP contribution is 2.27. The van der Waals surface area contributed by atoms with Gasteiger partial charge in [-0.1, -0.05) is 0 Å². The Hall–Kier alpha value is 0.230. The monoisotopic (exact) mass is 257 g/mol. The SMILES string of the molecule is CSC1CCC(NCCN2CCN(C)CC2)C1. The third-order valence-corrected chi connectivity index (χ3v) is 5.27. The maximum atomic E-state index is 3.74. The van der Waals surface area contributed by atoms with E-state index in [9.17, 15) is 0 Å². The van der Waals surface area contributed by atoms with Gasteiger partial charge < -0.3 is 10.2 Å². The number of nitrogens with one attached hydrogen (secondary N) is 1. The second-order valence-corrected chi connectivity index (χ2v) is 6.60. The second kappa shape index (κ2) is 6.98. The molecular formula is C13H27N3S. The predicted octanol–water partition coefficient (Wildman–Crippen LogP) is 1.11. The molecule has 1 aliphatic heterocycles. The van der Waals surface area contributed by atoms with Gasteiger partial charge in [0.25, 0.3) is 0 Å². The normalized spacial score (nSPS) is 32.1. The summed E-state index contributed by atoms with van der Waals surface area (Å²) in [5.74, 6) is 0. The summed E-state index contributed by atoms with van der Waals surface area (Å²) in [4.78, 5) is 5.01. The fourth-order valence-corrected chi connectivity index (χ4v) is 3.63. The van der Waals surface area contributed by atoms with Crippen molar-refractivity contribution in [3.8, 4) is 0 Å². The van der Waals surface area contributed by atoms with Crippen LogP contribution in [0.15, 0.2) is 0 Å². The Balaban J connectivity index is 1.54. The molecule has 0 spiro atoms. The number of rotatable bonds is 5. The van der Waals surface area contributed by atoms with E-state index in [1.807, 2.05) is 11.8 Å². The molecule has 1 heterocycles. The molecule has 1 saturated heterocycles. The van der Waals surface area contributed by atoms with Crippen LogP contribution in [-0.4, -0.2) is 73.7 Å². The molecule has 0 amide bonds. The van der Waals surface area contributed by atoms with E-state index in [0.717, 1.165) is 11.3 Å². The average Bonchev–Trinajstić information content (AvgIpc) is 2.80. The van der Waals surface area contributed by atoms with Crippen molar-refractivity contribution in [1.82, 2.24) is 15.1 Å². The lowest BCUT2D eigenvalue weighted by molar-refractivity contribution is 0.153. The van der Waals surface area contributed by atoms with Crippen molar-refractivity contribution in [3.63, 3.8) is 0 Å². The van der Waals surface area contributed by atoms with Gasteiger partial charge in [0.1, 0.15) is 0 Å². The molecule has 0 aromatic heterocycles. The van der Waals surface area contributed by atoms with Crippen molar-refractivity contribution >= 4 is 11.8 Å². The van der Waals surface area contributed by atoms with Gasteiger partial charge in [0, 0.05) is 50.6 Å². The van der Waals surface area contributed by atoms with Gasteiger partial charge in [-0.3, -0.25) is 4.90 Å². The summed E-state index contributed by atoms with van der Waals surface area (Å²) in [6.45, 7) is 7.37. The largest absolute Gasteiger partial charge is 0.313 e. The van der Waals surface area contributed by atoms with Crippen molar-refractivity contribution in [2.24, 2.45) is 0 Å². The maximum Gasteiger partial charge on any atom is 0.0110 e. The minimum absolute atomic E-state index is 0.792. The molecule has 2 fully saturated rings. The first-order valence-corrected chi connectivity index (χ1v) is 8.24. The molecule has 4 heteroatoms. The highest BCUT2D eigenvalue weighted by atomic mass is 32.2. The Morgan fingerprint density at radius 2 is 1.94 bits per heavy atom. The fraction of sp³-hybridized carbons (Fsp3) is 1.00. The standard InChI is InChI=1S/C13H27N3S/c1-15-7-9-16(10-8-15)6-5-14-12-3-4-13(11-12)17-2/h12-14H,3-11H2,1-2H3. The van der Waals surface area contributed by atoms with Crippen LogP contribution in [0.25, 0.3) is 0 Å². The topological polar surface area (TPSA) is 18.5 Å². The Morgan fingerprint density at radius 3 is 2.59 bits per heavy atom. The molecule has 2 atom stereocenters. The molecule has 2 unspecified atom stereocenters. The minimum atomic E-state index is 0.792. The predicted molar refractivity (Wildman–Crippen MR) is 76.9 cm³/mol. The van der Waals surface area contributed by atoms with Crippen molar-refractivity contribution in [1.29, 1.82) is 0 Å². The van der Waals surface area contributed by atoms with E-state index < -0.39 is 0 Å². The third kappa shape index (κ3) is 4.43. The van der Waals surface area contributed by atoms with Gasteiger partial charge in [-0.15, -0.1) is 0 Å². The Labute approximate surface area is 110 Å². The Bertz CT molecular complexity index is 215. The molecule has 0 radical (unpaired) electrons. The first-order chi connectivity index (χ1) is 8.28. The van der Waals surface area contributed by atoms with E-state index in [1.54, 1.807) is 0 Å². The van der Waals surface area contributed by atoms with Crippen molar-refractivity contribution in [3.05, 3.63) is 0 Å². The van der Waals surface area contributed by atoms with Gasteiger partial charge in [-0.25, -0.2) is 0 Å². The number of hydrogen-bond donors (Lipinski definition) is 1. The molecule has 0 bridgehead atoms. The van der Waals surface area contributed by atoms with Gasteiger partial charge in [-0.05, 0) is 32.6 Å². The number of hydrogen-bond acceptors (Lipinski definition) is 4. The fourth-order valence-electron chi connectivity index (χ4n) is 2.84. The quantitative estimate of drug-likeness (QED) is 0.795. The van der Waals surface area contributed by atoms with Gasteiger partial charge >= 0.3 is 0 Å². The molecule has 1 aliphatic carbocycles. The number of nitrogens with zero attached hydrogens (tertiary/aromatic N) is 2. The molecule has 1 saturated carbocycles. The maximum absolute atomic E-state index is 3.74. The molecule has 2 rings (SSSR count). The van der Waals surface area contributed by atoms with Crippen LogP contribution in [-0.2, 0) is 0 Å². The highest BCUT2D eigenvalue weighted by molar-refractivity contribution is 7.99. The smallest absolute Gasteiger partial charge is 0.0110 e. The van der Waals surface area contributed by atoms with Gasteiger partial charge in [0.05, 0.1) is 0 Å². The summed E-state index contributed by atoms with van der Waals surface area (Å²) in [5, 5.41) is 4.65. The van der Waals surface area contributed by atoms with Gasteiger partial charge in [-0.2, -0.15) is 11.8 Å². The number of thioether (sulfide) groups is 1. The Kier molecular flexibility index (Phi) is 5.60. The lowest BCUT2D eigenvalue weighted by atomic mass is 10.2. The summed E-state index contributed by atoms with van der Waals surface area (Å²) < 4.78 is 0. The van der Waals surface area contributed by atoms with E-state index in [1.165, 1.54) is 58.5 Å². The van der Waals surface area contributed by atoms with Crippen molar-refractivity contribution in [2.45, 2.75) is 30.6 Å². The molecule has 1 N–H and O–H groups in total. The van der Waals surface area contributed by atoms with E-state index in [0.29, 0.717) is 0 Å². The summed E-state index contributed by atoms with van der Waals surface area (Å²) in [6.07, 6.45) is 6.42. The molecule has 3 nitrogen and oxygen atoms in total. The third-order valence-electron chi connectivity index (χ3n) is 4.17. The Morgan fingerprint density at radius 1 is 1.18 bits per heavy atom. The molecule has 0 aromatic rings. The number of piperazine rings is 1. The van der Waals surface area contributed by atoms with Gasteiger partial charge in [0.15, 0.2) is 0 Å². The minimum Gasteiger partial charge on any atom is -0.313 e. The summed E-state index contributed by atoms with van der Waals surface area (Å²) in [7, 11) is 2.22. The summed E-state index contributed by atoms with van der Waals surface area (Å²) >= 11 is 2.04. The summed E-state index contributed by atoms with van der Waals surface area (Å²) in [5.41, 5.74) is 0. The van der Waals surface area contributed by atoms with Crippen LogP contribution in [0.4, 0.5) is 0 Å². The van der Waals surface area contributed by atoms with E-state index in [2.05, 4.69) is 28.4 Å². The average molecular weight is 257 g/mol. The van der Waals surface area contributed by atoms with Crippen LogP contribution < -0.4 is 5.32 Å². The van der Waals surface area contributed by atoms with Gasteiger partial charge in [0.2, 0.25) is 0 Å². The zero-order valence-electron chi connectivity index (χ0n) is 11.3. The van der Waals surface area contributed by atoms with Crippen LogP contribution in [0.5, 0.6) is 0 Å². The van der Waals surface area contributed by atoms with Crippen molar-refractivity contribution in [2.75, 3.05) is 52.6 Å². The first kappa shape index (κ1) is 13.7. The molecule has 100 valence electrons. The zero-order chi connectivity index (χ0) is 12.1. The summed E-state index contributed by atoms with van der Waals surface area (Å²) in [6, 6.07) is 0.792. The second-order valence-electron chi connectivity index (χ2n) is 5.47. The molecular weight excluding hydrogens is 230 g/mol. The first-order valence-electron chi connectivity index (χ1n) is 6.95. The van der Waals surface area contributed by atoms with Crippen molar-refractivity contribution < 1.29 is 0 Å². The lowest BCUT2D eigenvalue weighted by Gasteiger charge is -2.32. The lowest BCUT2D eigenvalue weighted by Crippen LogP contribution is -2.47. The molecule has 2 aliphatic rings. The highest BCUT2D eigenvalue weighted by Gasteiger charge is 2.23. The molecule has 17 heavy (non-hydrogen) atoms. The number of likely N-dealkylation sites (N-methyl/N-ethyl adjacent to an activating group) is 1. The molecule has 0 aromatic carbocycles. The van der Waals surface area contributed by atoms with Crippen LogP contribution in [0.1, 0.15) is 19.3 Å². The van der Waals surface area contributed by atoms with E-state index in [4.69, 9.17) is 0 Å². The van der Waals surface area contributed by atoms with Crippen LogP contribution >= 0.6 is 11.8 Å². The van der Waals surface area contributed by atoms with E-state index >= 15 is 0 Å². The van der Waals surface area contributed by atoms with E-state index in [-0.39, 0.29) is 0 Å². The van der Waals surface area contributed by atoms with Crippen LogP contribution in [0.2, 0.25) is 0 Å². The zero-order valence-corrected chi connectivity index (χ0v) is 12.1. The van der Waals surface area contributed by atoms with Crippen LogP contribution in [0, 0.1) is 0 Å².